The average molecular weight is 368 g/mol. The summed E-state index contributed by atoms with van der Waals surface area (Å²) in [5.41, 5.74) is 1.08. The average Bonchev–Trinajstić information content (AvgIpc) is 3.37. The van der Waals surface area contributed by atoms with E-state index in [9.17, 15) is 9.59 Å². The molecule has 1 unspecified atom stereocenters. The van der Waals surface area contributed by atoms with Crippen molar-refractivity contribution in [3.8, 4) is 0 Å². The maximum absolute atomic E-state index is 12.3. The molecule has 0 aliphatic rings. The normalized spacial score (nSPS) is 12.3. The molecule has 138 valence electrons. The van der Waals surface area contributed by atoms with Crippen LogP contribution in [0.1, 0.15) is 29.2 Å². The van der Waals surface area contributed by atoms with E-state index in [1.54, 1.807) is 36.6 Å². The van der Waals surface area contributed by atoms with Gasteiger partial charge in [-0.15, -0.1) is 0 Å². The number of carbonyl (C=O) groups is 1. The molecular formula is C18H16N4O5. The number of hydrogen-bond donors (Lipinski definition) is 1. The first kappa shape index (κ1) is 16.8. The van der Waals surface area contributed by atoms with Crippen molar-refractivity contribution >= 4 is 17.0 Å². The van der Waals surface area contributed by atoms with Crippen LogP contribution >= 0.6 is 0 Å². The van der Waals surface area contributed by atoms with Crippen LogP contribution in [-0.4, -0.2) is 26.7 Å². The van der Waals surface area contributed by atoms with E-state index in [1.165, 1.54) is 4.57 Å². The van der Waals surface area contributed by atoms with Gasteiger partial charge in [0.2, 0.25) is 0 Å². The van der Waals surface area contributed by atoms with E-state index in [0.717, 1.165) is 5.76 Å². The van der Waals surface area contributed by atoms with Crippen molar-refractivity contribution in [2.75, 3.05) is 0 Å². The van der Waals surface area contributed by atoms with Crippen molar-refractivity contribution in [3.05, 3.63) is 70.7 Å². The van der Waals surface area contributed by atoms with E-state index in [0.29, 0.717) is 17.5 Å². The molecule has 0 saturated heterocycles. The van der Waals surface area contributed by atoms with Crippen molar-refractivity contribution in [2.24, 2.45) is 0 Å². The van der Waals surface area contributed by atoms with Gasteiger partial charge in [0.15, 0.2) is 11.4 Å². The van der Waals surface area contributed by atoms with E-state index >= 15 is 0 Å². The smallest absolute Gasteiger partial charge is 0.420 e. The van der Waals surface area contributed by atoms with Gasteiger partial charge in [0.1, 0.15) is 5.76 Å². The highest BCUT2D eigenvalue weighted by atomic mass is 16.5. The topological polar surface area (TPSA) is 116 Å². The highest BCUT2D eigenvalue weighted by Crippen LogP contribution is 2.13. The summed E-state index contributed by atoms with van der Waals surface area (Å²) in [6.45, 7) is 1.88. The van der Waals surface area contributed by atoms with Crippen LogP contribution in [0, 0.1) is 0 Å². The zero-order valence-corrected chi connectivity index (χ0v) is 14.4. The summed E-state index contributed by atoms with van der Waals surface area (Å²) in [5, 5.41) is 6.54. The SMILES string of the molecule is CC(Cc1ccco1)NC(=O)c1nc(Cn2c(=O)oc3ccccc32)no1. The second-order valence-electron chi connectivity index (χ2n) is 6.10. The second-order valence-corrected chi connectivity index (χ2v) is 6.10. The number of para-hydroxylation sites is 2. The minimum atomic E-state index is -0.529. The maximum Gasteiger partial charge on any atom is 0.420 e. The number of furan rings is 1. The van der Waals surface area contributed by atoms with Gasteiger partial charge in [-0.05, 0) is 31.2 Å². The molecule has 1 atom stereocenters. The Kier molecular flexibility index (Phi) is 4.33. The second kappa shape index (κ2) is 6.94. The third-order valence-electron chi connectivity index (χ3n) is 4.00. The Balaban J connectivity index is 1.45. The van der Waals surface area contributed by atoms with Crippen LogP contribution in [-0.2, 0) is 13.0 Å². The number of fused-ring (bicyclic) bond motifs is 1. The monoisotopic (exact) mass is 368 g/mol. The largest absolute Gasteiger partial charge is 0.469 e. The number of amides is 1. The molecule has 0 spiro atoms. The quantitative estimate of drug-likeness (QED) is 0.553. The lowest BCUT2D eigenvalue weighted by atomic mass is 10.2. The number of rotatable bonds is 6. The third kappa shape index (κ3) is 3.52. The van der Waals surface area contributed by atoms with Gasteiger partial charge in [0.05, 0.1) is 18.3 Å². The van der Waals surface area contributed by atoms with Crippen molar-refractivity contribution in [1.29, 1.82) is 0 Å². The third-order valence-corrected chi connectivity index (χ3v) is 4.00. The Hall–Kier alpha value is -3.62. The zero-order valence-electron chi connectivity index (χ0n) is 14.4. The Bertz CT molecular complexity index is 1120. The molecule has 27 heavy (non-hydrogen) atoms. The summed E-state index contributed by atoms with van der Waals surface area (Å²) >= 11 is 0. The predicted molar refractivity (Wildman–Crippen MR) is 93.2 cm³/mol. The molecule has 9 nitrogen and oxygen atoms in total. The highest BCUT2D eigenvalue weighted by Gasteiger charge is 2.19. The molecule has 0 aliphatic carbocycles. The van der Waals surface area contributed by atoms with Gasteiger partial charge in [0.25, 0.3) is 0 Å². The zero-order chi connectivity index (χ0) is 18.8. The molecule has 0 saturated carbocycles. The van der Waals surface area contributed by atoms with Crippen molar-refractivity contribution in [3.63, 3.8) is 0 Å². The Morgan fingerprint density at radius 1 is 1.26 bits per heavy atom. The number of aromatic nitrogens is 3. The molecule has 4 aromatic rings. The molecule has 3 aromatic heterocycles. The number of oxazole rings is 1. The summed E-state index contributed by atoms with van der Waals surface area (Å²) in [5.74, 6) is -0.221. The first-order valence-corrected chi connectivity index (χ1v) is 8.34. The summed E-state index contributed by atoms with van der Waals surface area (Å²) < 4.78 is 16.8. The van der Waals surface area contributed by atoms with E-state index in [2.05, 4.69) is 15.5 Å². The molecule has 4 rings (SSSR count). The molecule has 1 aromatic carbocycles. The number of nitrogens with zero attached hydrogens (tertiary/aromatic N) is 3. The van der Waals surface area contributed by atoms with Crippen LogP contribution in [0.25, 0.3) is 11.1 Å². The predicted octanol–water partition coefficient (Wildman–Crippen LogP) is 1.98. The fourth-order valence-corrected chi connectivity index (χ4v) is 2.78. The van der Waals surface area contributed by atoms with E-state index < -0.39 is 11.7 Å². The summed E-state index contributed by atoms with van der Waals surface area (Å²) in [4.78, 5) is 28.3. The molecule has 9 heteroatoms. The maximum atomic E-state index is 12.3. The fourth-order valence-electron chi connectivity index (χ4n) is 2.78. The van der Waals surface area contributed by atoms with Crippen LogP contribution in [0.4, 0.5) is 0 Å². The summed E-state index contributed by atoms with van der Waals surface area (Å²) in [6, 6.07) is 10.5. The van der Waals surface area contributed by atoms with Gasteiger partial charge < -0.3 is 18.7 Å². The molecule has 0 bridgehead atoms. The van der Waals surface area contributed by atoms with Gasteiger partial charge >= 0.3 is 17.6 Å². The van der Waals surface area contributed by atoms with Gasteiger partial charge in [-0.2, -0.15) is 4.98 Å². The standard InChI is InChI=1S/C18H16N4O5/c1-11(9-12-5-4-8-25-12)19-16(23)17-20-15(21-27-17)10-22-13-6-2-3-7-14(13)26-18(22)24/h2-8,11H,9-10H2,1H3,(H,19,23). The van der Waals surface area contributed by atoms with Crippen LogP contribution in [0.5, 0.6) is 0 Å². The van der Waals surface area contributed by atoms with Crippen LogP contribution in [0.15, 0.2) is 60.8 Å². The molecular weight excluding hydrogens is 352 g/mol. The number of carbonyl (C=O) groups excluding carboxylic acids is 1. The van der Waals surface area contributed by atoms with E-state index in [-0.39, 0.29) is 24.3 Å². The molecule has 0 fully saturated rings. The van der Waals surface area contributed by atoms with Crippen LogP contribution in [0.2, 0.25) is 0 Å². The van der Waals surface area contributed by atoms with Gasteiger partial charge in [-0.1, -0.05) is 17.3 Å². The molecule has 1 N–H and O–H groups in total. The van der Waals surface area contributed by atoms with Crippen LogP contribution < -0.4 is 11.1 Å². The lowest BCUT2D eigenvalue weighted by Crippen LogP contribution is -2.34. The van der Waals surface area contributed by atoms with Crippen molar-refractivity contribution in [2.45, 2.75) is 25.9 Å². The molecule has 3 heterocycles. The summed E-state index contributed by atoms with van der Waals surface area (Å²) in [7, 11) is 0. The number of benzene rings is 1. The molecule has 1 amide bonds. The molecule has 0 aliphatic heterocycles. The Labute approximate surface area is 152 Å². The van der Waals surface area contributed by atoms with Crippen molar-refractivity contribution < 1.29 is 18.2 Å². The first-order valence-electron chi connectivity index (χ1n) is 8.34. The van der Waals surface area contributed by atoms with Crippen molar-refractivity contribution in [1.82, 2.24) is 20.0 Å². The van der Waals surface area contributed by atoms with Crippen LogP contribution in [0.3, 0.4) is 0 Å². The first-order chi connectivity index (χ1) is 13.1. The summed E-state index contributed by atoms with van der Waals surface area (Å²) in [6.07, 6.45) is 2.12. The van der Waals surface area contributed by atoms with Gasteiger partial charge in [-0.25, -0.2) is 4.79 Å². The van der Waals surface area contributed by atoms with E-state index in [1.807, 2.05) is 13.0 Å². The fraction of sp³-hybridized carbons (Fsp3) is 0.222. The van der Waals surface area contributed by atoms with Gasteiger partial charge in [-0.3, -0.25) is 9.36 Å². The van der Waals surface area contributed by atoms with Gasteiger partial charge in [0, 0.05) is 12.5 Å². The Morgan fingerprint density at radius 2 is 2.11 bits per heavy atom. The Morgan fingerprint density at radius 3 is 2.93 bits per heavy atom. The lowest BCUT2D eigenvalue weighted by molar-refractivity contribution is 0.0895. The minimum absolute atomic E-state index is 0.0363. The highest BCUT2D eigenvalue weighted by molar-refractivity contribution is 5.89. The molecule has 0 radical (unpaired) electrons. The number of nitrogens with one attached hydrogen (secondary N) is 1. The number of hydrogen-bond acceptors (Lipinski definition) is 7. The lowest BCUT2D eigenvalue weighted by Gasteiger charge is -2.10. The van der Waals surface area contributed by atoms with E-state index in [4.69, 9.17) is 13.4 Å². The minimum Gasteiger partial charge on any atom is -0.469 e.